The predicted octanol–water partition coefficient (Wildman–Crippen LogP) is 7.90. The van der Waals surface area contributed by atoms with E-state index in [-0.39, 0.29) is 22.0 Å². The minimum absolute atomic E-state index is 0.0160. The largest absolute Gasteiger partial charge is 0.455 e. The van der Waals surface area contributed by atoms with Gasteiger partial charge in [-0.1, -0.05) is 45.9 Å². The van der Waals surface area contributed by atoms with Gasteiger partial charge in [0.25, 0.3) is 0 Å². The highest BCUT2D eigenvalue weighted by atomic mass is 16.3. The van der Waals surface area contributed by atoms with Crippen LogP contribution < -0.4 is 4.57 Å². The second kappa shape index (κ2) is 7.16. The lowest BCUT2D eigenvalue weighted by Crippen LogP contribution is -2.34. The van der Waals surface area contributed by atoms with Gasteiger partial charge >= 0.3 is 5.82 Å². The first-order valence-electron chi connectivity index (χ1n) is 15.2. The van der Waals surface area contributed by atoms with Gasteiger partial charge in [0, 0.05) is 24.6 Å². The maximum absolute atomic E-state index is 8.37. The van der Waals surface area contributed by atoms with Crippen LogP contribution in [0.15, 0.2) is 47.1 Å². The van der Waals surface area contributed by atoms with E-state index in [1.807, 2.05) is 6.92 Å². The molecule has 0 saturated heterocycles. The zero-order valence-electron chi connectivity index (χ0n) is 27.3. The van der Waals surface area contributed by atoms with Crippen LogP contribution in [0.5, 0.6) is 0 Å². The summed E-state index contributed by atoms with van der Waals surface area (Å²) in [7, 11) is 1.74. The van der Waals surface area contributed by atoms with Crippen molar-refractivity contribution in [1.29, 1.82) is 0 Å². The molecule has 0 radical (unpaired) electrons. The number of rotatable bonds is 1. The highest BCUT2D eigenvalue weighted by molar-refractivity contribution is 6.15. The lowest BCUT2D eigenvalue weighted by molar-refractivity contribution is -0.663. The molecule has 5 aromatic rings. The Morgan fingerprint density at radius 3 is 2.51 bits per heavy atom. The van der Waals surface area contributed by atoms with E-state index in [9.17, 15) is 0 Å². The molecule has 0 aliphatic heterocycles. The highest BCUT2D eigenvalue weighted by Gasteiger charge is 2.38. The second-order valence-electron chi connectivity index (χ2n) is 11.5. The summed E-state index contributed by atoms with van der Waals surface area (Å²) in [4.78, 5) is 4.54. The zero-order valence-corrected chi connectivity index (χ0v) is 21.3. The summed E-state index contributed by atoms with van der Waals surface area (Å²) in [5.41, 5.74) is 5.49. The molecule has 178 valence electrons. The van der Waals surface area contributed by atoms with Crippen molar-refractivity contribution in [2.24, 2.45) is 7.05 Å². The molecule has 0 bridgehead atoms. The maximum atomic E-state index is 8.37. The molecular weight excluding hydrogens is 428 g/mol. The first-order chi connectivity index (χ1) is 18.9. The minimum atomic E-state index is -2.37. The van der Waals surface area contributed by atoms with Crippen molar-refractivity contribution in [3.8, 4) is 11.4 Å². The normalized spacial score (nSPS) is 20.1. The van der Waals surface area contributed by atoms with Crippen molar-refractivity contribution < 1.29 is 17.2 Å². The Bertz CT molecular complexity index is 1890. The molecule has 0 unspecified atom stereocenters. The van der Waals surface area contributed by atoms with Crippen molar-refractivity contribution in [2.75, 3.05) is 0 Å². The average Bonchev–Trinajstić information content (AvgIpc) is 3.21. The van der Waals surface area contributed by atoms with E-state index in [1.165, 1.54) is 17.3 Å². The summed E-state index contributed by atoms with van der Waals surface area (Å²) in [5.74, 6) is 0.501. The number of nitrogens with zero attached hydrogens (tertiary/aromatic N) is 2. The van der Waals surface area contributed by atoms with E-state index < -0.39 is 13.7 Å². The molecule has 0 spiro atoms. The highest BCUT2D eigenvalue weighted by Crippen LogP contribution is 2.49. The van der Waals surface area contributed by atoms with Gasteiger partial charge in [-0.25, -0.2) is 4.57 Å². The Balaban J connectivity index is 1.73. The molecule has 1 aliphatic rings. The monoisotopic (exact) mass is 469 g/mol. The summed E-state index contributed by atoms with van der Waals surface area (Å²) in [6, 6.07) is 10.2. The van der Waals surface area contributed by atoms with Crippen molar-refractivity contribution in [2.45, 2.75) is 72.0 Å². The molecule has 0 atom stereocenters. The fourth-order valence-electron chi connectivity index (χ4n) is 6.12. The molecule has 35 heavy (non-hydrogen) atoms. The number of furan rings is 1. The molecule has 6 rings (SSSR count). The number of fused-ring (bicyclic) bond motifs is 6. The lowest BCUT2D eigenvalue weighted by atomic mass is 9.62. The van der Waals surface area contributed by atoms with Gasteiger partial charge in [-0.05, 0) is 94.4 Å². The van der Waals surface area contributed by atoms with Gasteiger partial charge < -0.3 is 4.42 Å². The first kappa shape index (κ1) is 16.5. The van der Waals surface area contributed by atoms with Gasteiger partial charge in [-0.3, -0.25) is 0 Å². The molecule has 2 heterocycles. The van der Waals surface area contributed by atoms with Crippen LogP contribution in [0.2, 0.25) is 0 Å². The van der Waals surface area contributed by atoms with Crippen molar-refractivity contribution in [3.63, 3.8) is 0 Å². The van der Waals surface area contributed by atoms with E-state index in [0.717, 1.165) is 29.0 Å². The van der Waals surface area contributed by atoms with Gasteiger partial charge in [-0.2, -0.15) is 0 Å². The van der Waals surface area contributed by atoms with Crippen LogP contribution in [0.4, 0.5) is 0 Å². The third-order valence-corrected chi connectivity index (χ3v) is 8.08. The Morgan fingerprint density at radius 1 is 0.971 bits per heavy atom. The second-order valence-corrected chi connectivity index (χ2v) is 11.5. The molecule has 2 aromatic heterocycles. The molecule has 0 amide bonds. The lowest BCUT2D eigenvalue weighted by Gasteiger charge is -2.42. The van der Waals surface area contributed by atoms with E-state index in [2.05, 4.69) is 56.9 Å². The van der Waals surface area contributed by atoms with Crippen LogP contribution in [0.3, 0.4) is 0 Å². The molecular formula is C32H35N2O+. The van der Waals surface area contributed by atoms with E-state index in [4.69, 9.17) is 12.6 Å². The van der Waals surface area contributed by atoms with Gasteiger partial charge in [0.1, 0.15) is 17.3 Å². The van der Waals surface area contributed by atoms with Crippen molar-refractivity contribution in [3.05, 3.63) is 70.5 Å². The molecule has 3 heteroatoms. The van der Waals surface area contributed by atoms with Crippen LogP contribution in [0.1, 0.15) is 76.6 Å². The zero-order chi connectivity index (χ0) is 29.9. The smallest absolute Gasteiger partial charge is 0.334 e. The topological polar surface area (TPSA) is 29.9 Å². The van der Waals surface area contributed by atoms with Crippen molar-refractivity contribution >= 4 is 32.7 Å². The van der Waals surface area contributed by atoms with E-state index >= 15 is 0 Å². The molecule has 1 aliphatic carbocycles. The fourth-order valence-corrected chi connectivity index (χ4v) is 6.12. The number of aryl methyl sites for hydroxylation is 4. The Hall–Kier alpha value is -3.20. The fraction of sp³-hybridized carbons (Fsp3) is 0.375. The SMILES string of the molecule is [2H]C([2H])([2H])c1cnc(-c2c(C)cc(C([2H])([2H])[2H])c3c2oc2cc4c5c(ccc4cc23)C(C)(C)CCC5(C)C)[n+](C)c1. The summed E-state index contributed by atoms with van der Waals surface area (Å²) < 4.78 is 56.7. The summed E-state index contributed by atoms with van der Waals surface area (Å²) in [5, 5.41) is 3.47. The summed E-state index contributed by atoms with van der Waals surface area (Å²) in [6.45, 7) is 6.38. The average molecular weight is 470 g/mol. The van der Waals surface area contributed by atoms with Gasteiger partial charge in [-0.15, -0.1) is 0 Å². The number of benzene rings is 3. The van der Waals surface area contributed by atoms with Crippen molar-refractivity contribution in [1.82, 2.24) is 4.98 Å². The number of aromatic nitrogens is 2. The van der Waals surface area contributed by atoms with Gasteiger partial charge in [0.15, 0.2) is 5.58 Å². The summed E-state index contributed by atoms with van der Waals surface area (Å²) in [6.07, 6.45) is 5.09. The molecule has 0 N–H and O–H groups in total. The van der Waals surface area contributed by atoms with E-state index in [0.29, 0.717) is 33.5 Å². The van der Waals surface area contributed by atoms with Crippen LogP contribution in [0.25, 0.3) is 44.1 Å². The number of hydrogen-bond acceptors (Lipinski definition) is 2. The van der Waals surface area contributed by atoms with Gasteiger partial charge in [0.05, 0.1) is 13.2 Å². The standard InChI is InChI=1S/C32H35N2O/c1-18-16-33-30(34(8)17-18)27-20(3)13-19(2)26-23-14-21-9-10-24-28(22(21)15-25(23)35-29(26)27)32(6,7)12-11-31(24,4)5/h9-10,13-17H,11-12H2,1-8H3/q+1/i1D3,2D3. The quantitative estimate of drug-likeness (QED) is 0.234. The molecule has 0 fully saturated rings. The third kappa shape index (κ3) is 3.17. The predicted molar refractivity (Wildman–Crippen MR) is 145 cm³/mol. The number of hydrogen-bond donors (Lipinski definition) is 0. The Kier molecular flexibility index (Phi) is 3.37. The third-order valence-electron chi connectivity index (χ3n) is 8.08. The minimum Gasteiger partial charge on any atom is -0.455 e. The summed E-state index contributed by atoms with van der Waals surface area (Å²) >= 11 is 0. The molecule has 3 nitrogen and oxygen atoms in total. The van der Waals surface area contributed by atoms with Crippen LogP contribution in [-0.2, 0) is 17.9 Å². The van der Waals surface area contributed by atoms with Gasteiger partial charge in [0.2, 0.25) is 0 Å². The van der Waals surface area contributed by atoms with Crippen LogP contribution in [0, 0.1) is 20.6 Å². The Labute approximate surface area is 216 Å². The molecule has 3 aromatic carbocycles. The van der Waals surface area contributed by atoms with E-state index in [1.54, 1.807) is 23.9 Å². The molecule has 0 saturated carbocycles. The van der Waals surface area contributed by atoms with Crippen LogP contribution >= 0.6 is 0 Å². The maximum Gasteiger partial charge on any atom is 0.334 e. The first-order valence-corrected chi connectivity index (χ1v) is 12.2. The van der Waals surface area contributed by atoms with Crippen LogP contribution in [-0.4, -0.2) is 4.98 Å². The Morgan fingerprint density at radius 2 is 1.77 bits per heavy atom.